The van der Waals surface area contributed by atoms with Gasteiger partial charge in [0.1, 0.15) is 0 Å². The maximum Gasteiger partial charge on any atom is 0.523 e. The van der Waals surface area contributed by atoms with Crippen molar-refractivity contribution in [2.75, 3.05) is 52.4 Å². The Labute approximate surface area is 320 Å². The molecule has 1 amide bonds. The van der Waals surface area contributed by atoms with Crippen molar-refractivity contribution in [2.45, 2.75) is 69.6 Å². The van der Waals surface area contributed by atoms with Gasteiger partial charge in [0.05, 0.1) is 17.0 Å². The van der Waals surface area contributed by atoms with Gasteiger partial charge in [-0.15, -0.1) is 24.8 Å². The Bertz CT molecular complexity index is 1790. The van der Waals surface area contributed by atoms with Crippen molar-refractivity contribution in [2.24, 2.45) is 28.9 Å². The number of nitrogens with two attached hydrogens (primary N) is 1. The van der Waals surface area contributed by atoms with Crippen LogP contribution < -0.4 is 16.4 Å². The summed E-state index contributed by atoms with van der Waals surface area (Å²) in [6.07, 6.45) is 9.28. The van der Waals surface area contributed by atoms with E-state index in [1.54, 1.807) is 13.0 Å². The number of alkyl halides is 4. The standard InChI is InChI=1S/C40H51Cl2F3N6O2/c1-26-17-28(8-10-34(26)53-40(43,44)45)32-24-51(16-4-13-48-37(52)39(46)11-14-47-15-12-39)33-9-7-27(18-31(32)33)19-49-20-29-22-50(23-30(29)21-49)25-38(2)35(41)5-3-6-36(38)42/h3,5-10,17-18,24,26,29-30,34-35,47H,4,11-16,19-23,25,46H2,1-2H3,(H,48,52). The van der Waals surface area contributed by atoms with Crippen LogP contribution in [-0.4, -0.2) is 96.0 Å². The number of likely N-dealkylation sites (tertiary alicyclic amines) is 2. The molecule has 6 atom stereocenters. The lowest BCUT2D eigenvalue weighted by Gasteiger charge is -2.38. The van der Waals surface area contributed by atoms with E-state index < -0.39 is 23.9 Å². The van der Waals surface area contributed by atoms with Gasteiger partial charge >= 0.3 is 6.36 Å². The number of nitrogens with one attached hydrogen (secondary N) is 2. The second-order valence-corrected chi connectivity index (χ2v) is 17.0. The third-order valence-corrected chi connectivity index (χ3v) is 13.2. The molecule has 5 aliphatic rings. The molecule has 6 unspecified atom stereocenters. The van der Waals surface area contributed by atoms with Crippen LogP contribution in [0, 0.1) is 23.2 Å². The average molecular weight is 776 g/mol. The summed E-state index contributed by atoms with van der Waals surface area (Å²) in [6.45, 7) is 12.3. The minimum Gasteiger partial charge on any atom is -0.354 e. The molecule has 13 heteroatoms. The molecule has 0 saturated carbocycles. The SMILES string of the molecule is CC1C=C(c2cn(CCCNC(=O)C3(N)CCNCC3)c3ccc(CN4CC5CN(CC6(C)C(Cl)=CC=CC6Cl)CC5C4)cc23)C=CC1OC(F)(F)F. The van der Waals surface area contributed by atoms with Gasteiger partial charge in [0.2, 0.25) is 5.91 Å². The molecule has 1 aromatic carbocycles. The molecule has 4 N–H and O–H groups in total. The highest BCUT2D eigenvalue weighted by molar-refractivity contribution is 6.32. The van der Waals surface area contributed by atoms with Crippen molar-refractivity contribution in [3.63, 3.8) is 0 Å². The summed E-state index contributed by atoms with van der Waals surface area (Å²) >= 11 is 13.4. The molecular weight excluding hydrogens is 724 g/mol. The number of fused-ring (bicyclic) bond motifs is 2. The molecular formula is C40H51Cl2F3N6O2. The molecule has 4 heterocycles. The number of aryl methyl sites for hydroxylation is 1. The van der Waals surface area contributed by atoms with Crippen molar-refractivity contribution in [1.29, 1.82) is 0 Å². The van der Waals surface area contributed by atoms with E-state index >= 15 is 0 Å². The summed E-state index contributed by atoms with van der Waals surface area (Å²) in [6, 6.07) is 6.58. The number of ether oxygens (including phenoxy) is 1. The first-order chi connectivity index (χ1) is 25.2. The van der Waals surface area contributed by atoms with E-state index in [2.05, 4.69) is 61.1 Å². The molecule has 2 aromatic rings. The van der Waals surface area contributed by atoms with Gasteiger partial charge in [-0.25, -0.2) is 0 Å². The monoisotopic (exact) mass is 774 g/mol. The highest BCUT2D eigenvalue weighted by Gasteiger charge is 2.45. The normalized spacial score (nSPS) is 30.5. The summed E-state index contributed by atoms with van der Waals surface area (Å²) in [4.78, 5) is 18.0. The van der Waals surface area contributed by atoms with E-state index in [4.69, 9.17) is 28.9 Å². The Balaban J connectivity index is 1.04. The van der Waals surface area contributed by atoms with Crippen LogP contribution in [0.25, 0.3) is 16.5 Å². The second kappa shape index (κ2) is 15.5. The van der Waals surface area contributed by atoms with E-state index in [-0.39, 0.29) is 16.7 Å². The Hall–Kier alpha value is -2.64. The van der Waals surface area contributed by atoms with Crippen molar-refractivity contribution < 1.29 is 22.7 Å². The van der Waals surface area contributed by atoms with Gasteiger partial charge in [-0.2, -0.15) is 0 Å². The van der Waals surface area contributed by atoms with Gasteiger partial charge < -0.3 is 25.8 Å². The number of carbonyl (C=O) groups excluding carboxylic acids is 1. The van der Waals surface area contributed by atoms with Gasteiger partial charge in [-0.3, -0.25) is 14.4 Å². The molecule has 1 aromatic heterocycles. The second-order valence-electron chi connectivity index (χ2n) is 16.1. The third kappa shape index (κ3) is 8.47. The predicted molar refractivity (Wildman–Crippen MR) is 205 cm³/mol. The van der Waals surface area contributed by atoms with E-state index in [1.807, 2.05) is 24.3 Å². The van der Waals surface area contributed by atoms with Gasteiger partial charge in [0.25, 0.3) is 0 Å². The number of hydrogen-bond donors (Lipinski definition) is 3. The number of hydrogen-bond acceptors (Lipinski definition) is 6. The number of allylic oxidation sites excluding steroid dienone is 5. The highest BCUT2D eigenvalue weighted by Crippen LogP contribution is 2.43. The van der Waals surface area contributed by atoms with Crippen LogP contribution in [0.4, 0.5) is 13.2 Å². The van der Waals surface area contributed by atoms with Crippen LogP contribution in [0.3, 0.4) is 0 Å². The van der Waals surface area contributed by atoms with Crippen molar-refractivity contribution in [1.82, 2.24) is 25.0 Å². The smallest absolute Gasteiger partial charge is 0.354 e. The molecule has 0 radical (unpaired) electrons. The van der Waals surface area contributed by atoms with Crippen molar-refractivity contribution >= 4 is 45.6 Å². The first-order valence-electron chi connectivity index (χ1n) is 18.9. The molecule has 8 nitrogen and oxygen atoms in total. The molecule has 0 bridgehead atoms. The summed E-state index contributed by atoms with van der Waals surface area (Å²) in [5.74, 6) is 0.605. The summed E-state index contributed by atoms with van der Waals surface area (Å²) in [5.41, 5.74) is 9.37. The minimum absolute atomic E-state index is 0.107. The predicted octanol–water partition coefficient (Wildman–Crippen LogP) is 6.39. The first-order valence-corrected chi connectivity index (χ1v) is 19.7. The largest absolute Gasteiger partial charge is 0.523 e. The topological polar surface area (TPSA) is 87.8 Å². The first kappa shape index (κ1) is 38.6. The fourth-order valence-corrected chi connectivity index (χ4v) is 9.55. The Morgan fingerprint density at radius 1 is 1.11 bits per heavy atom. The van der Waals surface area contributed by atoms with E-state index in [0.717, 1.165) is 79.4 Å². The molecule has 3 fully saturated rings. The van der Waals surface area contributed by atoms with Gasteiger partial charge in [-0.05, 0) is 73.5 Å². The lowest BCUT2D eigenvalue weighted by molar-refractivity contribution is -0.339. The van der Waals surface area contributed by atoms with Crippen LogP contribution in [0.1, 0.15) is 44.2 Å². The fourth-order valence-electron chi connectivity index (χ4n) is 8.98. The molecule has 0 spiro atoms. The zero-order valence-electron chi connectivity index (χ0n) is 30.5. The minimum atomic E-state index is -4.71. The van der Waals surface area contributed by atoms with Crippen LogP contribution in [-0.2, 0) is 22.6 Å². The zero-order chi connectivity index (χ0) is 37.5. The quantitative estimate of drug-likeness (QED) is 0.181. The number of benzene rings is 1. The molecule has 53 heavy (non-hydrogen) atoms. The van der Waals surface area contributed by atoms with E-state index in [1.165, 1.54) is 11.6 Å². The number of piperidine rings is 1. The molecule has 3 saturated heterocycles. The maximum atomic E-state index is 13.1. The highest BCUT2D eigenvalue weighted by atomic mass is 35.5. The van der Waals surface area contributed by atoms with Crippen LogP contribution in [0.2, 0.25) is 0 Å². The van der Waals surface area contributed by atoms with Gasteiger partial charge in [0.15, 0.2) is 0 Å². The van der Waals surface area contributed by atoms with Gasteiger partial charge in [-0.1, -0.05) is 61.9 Å². The van der Waals surface area contributed by atoms with E-state index in [0.29, 0.717) is 44.2 Å². The van der Waals surface area contributed by atoms with Crippen molar-refractivity contribution in [3.05, 3.63) is 77.0 Å². The molecule has 2 aliphatic carbocycles. The van der Waals surface area contributed by atoms with Crippen LogP contribution in [0.5, 0.6) is 0 Å². The average Bonchev–Trinajstić information content (AvgIpc) is 3.77. The zero-order valence-corrected chi connectivity index (χ0v) is 32.0. The number of aromatic nitrogens is 1. The Morgan fingerprint density at radius 3 is 2.51 bits per heavy atom. The molecule has 7 rings (SSSR count). The van der Waals surface area contributed by atoms with Crippen LogP contribution in [0.15, 0.2) is 65.9 Å². The fraction of sp³-hybridized carbons (Fsp3) is 0.575. The number of nitrogens with zero attached hydrogens (tertiary/aromatic N) is 3. The maximum absolute atomic E-state index is 13.1. The number of halogens is 5. The summed E-state index contributed by atoms with van der Waals surface area (Å²) in [5, 5.41) is 8.04. The molecule has 3 aliphatic heterocycles. The number of carbonyl (C=O) groups is 1. The van der Waals surface area contributed by atoms with E-state index in [9.17, 15) is 18.0 Å². The van der Waals surface area contributed by atoms with Crippen LogP contribution >= 0.6 is 23.2 Å². The van der Waals surface area contributed by atoms with Gasteiger partial charge in [0, 0.05) is 91.4 Å². The summed E-state index contributed by atoms with van der Waals surface area (Å²) in [7, 11) is 0. The third-order valence-electron chi connectivity index (χ3n) is 12.0. The number of rotatable bonds is 11. The summed E-state index contributed by atoms with van der Waals surface area (Å²) < 4.78 is 45.8. The number of amides is 1. The Kier molecular flexibility index (Phi) is 11.3. The molecule has 288 valence electrons. The van der Waals surface area contributed by atoms with Crippen molar-refractivity contribution in [3.8, 4) is 0 Å². The lowest BCUT2D eigenvalue weighted by Crippen LogP contribution is -2.59. The lowest BCUT2D eigenvalue weighted by atomic mass is 9.82. The Morgan fingerprint density at radius 2 is 1.83 bits per heavy atom.